The first kappa shape index (κ1) is 22.7. The van der Waals surface area contributed by atoms with E-state index in [4.69, 9.17) is 11.6 Å². The molecule has 2 aliphatic rings. The summed E-state index contributed by atoms with van der Waals surface area (Å²) in [7, 11) is 0. The Kier molecular flexibility index (Phi) is 6.07. The van der Waals surface area contributed by atoms with Crippen molar-refractivity contribution in [2.24, 2.45) is 0 Å². The first-order chi connectivity index (χ1) is 15.7. The van der Waals surface area contributed by atoms with E-state index in [1.54, 1.807) is 23.6 Å². The van der Waals surface area contributed by atoms with E-state index >= 15 is 0 Å². The number of barbiturate groups is 1. The summed E-state index contributed by atoms with van der Waals surface area (Å²) in [6.45, 7) is 3.60. The van der Waals surface area contributed by atoms with Crippen molar-refractivity contribution in [2.75, 3.05) is 0 Å². The molecule has 2 aromatic rings. The molecular formula is C23H23ClN4O5. The number of halogens is 1. The summed E-state index contributed by atoms with van der Waals surface area (Å²) < 4.78 is 1.78. The van der Waals surface area contributed by atoms with Gasteiger partial charge in [-0.2, -0.15) is 0 Å². The van der Waals surface area contributed by atoms with Crippen molar-refractivity contribution in [3.05, 3.63) is 61.9 Å². The molecule has 9 nitrogen and oxygen atoms in total. The van der Waals surface area contributed by atoms with E-state index in [9.17, 15) is 24.5 Å². The number of nitro benzene ring substituents is 1. The van der Waals surface area contributed by atoms with Gasteiger partial charge in [0.05, 0.1) is 10.6 Å². The number of amides is 4. The van der Waals surface area contributed by atoms with Gasteiger partial charge in [-0.15, -0.1) is 0 Å². The molecule has 1 N–H and O–H groups in total. The van der Waals surface area contributed by atoms with Crippen LogP contribution in [0.15, 0.2) is 29.8 Å². The van der Waals surface area contributed by atoms with Gasteiger partial charge >= 0.3 is 6.03 Å². The summed E-state index contributed by atoms with van der Waals surface area (Å²) in [5, 5.41) is 13.6. The fourth-order valence-electron chi connectivity index (χ4n) is 4.61. The Labute approximate surface area is 195 Å². The fraction of sp³-hybridized carbons (Fsp3) is 0.348. The normalized spacial score (nSPS) is 18.7. The number of nitrogens with one attached hydrogen (secondary N) is 1. The van der Waals surface area contributed by atoms with Gasteiger partial charge in [-0.25, -0.2) is 4.79 Å². The standard InChI is InChI=1S/C23H23ClN4O5/c1-13-10-15(14(2)26(13)17-8-9-19(24)20(12-17)28(32)33)11-18-21(29)25-23(31)27(22(18)30)16-6-4-3-5-7-16/h8-12,16H,3-7H2,1-2H3,(H,25,29,31)/b18-11+. The first-order valence-corrected chi connectivity index (χ1v) is 11.1. The van der Waals surface area contributed by atoms with Gasteiger partial charge in [0, 0.05) is 23.5 Å². The van der Waals surface area contributed by atoms with Gasteiger partial charge < -0.3 is 4.57 Å². The van der Waals surface area contributed by atoms with Crippen LogP contribution in [0.4, 0.5) is 10.5 Å². The molecule has 4 rings (SSSR count). The topological polar surface area (TPSA) is 115 Å². The minimum absolute atomic E-state index is 0.0329. The van der Waals surface area contributed by atoms with Crippen LogP contribution in [0.3, 0.4) is 0 Å². The zero-order valence-corrected chi connectivity index (χ0v) is 19.0. The minimum atomic E-state index is -0.732. The van der Waals surface area contributed by atoms with Gasteiger partial charge in [0.2, 0.25) is 0 Å². The number of carbonyl (C=O) groups is 3. The van der Waals surface area contributed by atoms with E-state index in [1.165, 1.54) is 23.1 Å². The molecule has 4 amide bonds. The van der Waals surface area contributed by atoms with Crippen LogP contribution in [0.25, 0.3) is 11.8 Å². The maximum atomic E-state index is 13.2. The third-order valence-electron chi connectivity index (χ3n) is 6.23. The van der Waals surface area contributed by atoms with Gasteiger partial charge in [0.25, 0.3) is 17.5 Å². The van der Waals surface area contributed by atoms with Crippen molar-refractivity contribution >= 4 is 41.2 Å². The third kappa shape index (κ3) is 4.16. The van der Waals surface area contributed by atoms with Crippen molar-refractivity contribution in [2.45, 2.75) is 52.0 Å². The van der Waals surface area contributed by atoms with Crippen LogP contribution in [0, 0.1) is 24.0 Å². The summed E-state index contributed by atoms with van der Waals surface area (Å²) in [4.78, 5) is 50.0. The van der Waals surface area contributed by atoms with Gasteiger partial charge in [0.15, 0.2) is 0 Å². The van der Waals surface area contributed by atoms with E-state index < -0.39 is 22.8 Å². The quantitative estimate of drug-likeness (QED) is 0.307. The first-order valence-electron chi connectivity index (χ1n) is 10.7. The average molecular weight is 471 g/mol. The second-order valence-electron chi connectivity index (χ2n) is 8.34. The number of hydrogen-bond donors (Lipinski definition) is 1. The lowest BCUT2D eigenvalue weighted by Crippen LogP contribution is -2.58. The van der Waals surface area contributed by atoms with E-state index in [0.29, 0.717) is 16.9 Å². The molecule has 1 aromatic carbocycles. The Balaban J connectivity index is 1.73. The minimum Gasteiger partial charge on any atom is -0.318 e. The molecule has 2 fully saturated rings. The van der Waals surface area contributed by atoms with Gasteiger partial charge in [0.1, 0.15) is 10.6 Å². The molecule has 1 aliphatic heterocycles. The SMILES string of the molecule is Cc1cc(/C=C2\C(=O)NC(=O)N(C3CCCCC3)C2=O)c(C)n1-c1ccc(Cl)c([N+](=O)[O-])c1. The van der Waals surface area contributed by atoms with Crippen molar-refractivity contribution in [1.82, 2.24) is 14.8 Å². The van der Waals surface area contributed by atoms with Crippen LogP contribution in [0.1, 0.15) is 49.1 Å². The summed E-state index contributed by atoms with van der Waals surface area (Å²) in [6, 6.07) is 5.38. The molecule has 1 saturated carbocycles. The van der Waals surface area contributed by atoms with Crippen molar-refractivity contribution in [1.29, 1.82) is 0 Å². The zero-order valence-electron chi connectivity index (χ0n) is 18.3. The number of aromatic nitrogens is 1. The molecular weight excluding hydrogens is 448 g/mol. The number of nitrogens with zero attached hydrogens (tertiary/aromatic N) is 3. The Hall–Kier alpha value is -3.46. The molecule has 1 aliphatic carbocycles. The molecule has 172 valence electrons. The Morgan fingerprint density at radius 3 is 2.48 bits per heavy atom. The molecule has 1 saturated heterocycles. The summed E-state index contributed by atoms with van der Waals surface area (Å²) in [6.07, 6.45) is 5.86. The molecule has 0 spiro atoms. The largest absolute Gasteiger partial charge is 0.331 e. The lowest BCUT2D eigenvalue weighted by Gasteiger charge is -2.35. The molecule has 2 heterocycles. The second kappa shape index (κ2) is 8.82. The molecule has 0 bridgehead atoms. The maximum Gasteiger partial charge on any atom is 0.331 e. The highest BCUT2D eigenvalue weighted by Crippen LogP contribution is 2.31. The Bertz CT molecular complexity index is 1210. The number of aryl methyl sites for hydroxylation is 1. The number of nitro groups is 1. The smallest absolute Gasteiger partial charge is 0.318 e. The van der Waals surface area contributed by atoms with Crippen molar-refractivity contribution < 1.29 is 19.3 Å². The van der Waals surface area contributed by atoms with Crippen LogP contribution in [0.5, 0.6) is 0 Å². The fourth-order valence-corrected chi connectivity index (χ4v) is 4.80. The second-order valence-corrected chi connectivity index (χ2v) is 8.75. The number of benzene rings is 1. The molecule has 0 radical (unpaired) electrons. The third-order valence-corrected chi connectivity index (χ3v) is 6.55. The average Bonchev–Trinajstić information content (AvgIpc) is 3.05. The van der Waals surface area contributed by atoms with Crippen LogP contribution in [-0.2, 0) is 9.59 Å². The van der Waals surface area contributed by atoms with E-state index in [2.05, 4.69) is 5.32 Å². The number of urea groups is 1. The van der Waals surface area contributed by atoms with Crippen molar-refractivity contribution in [3.8, 4) is 5.69 Å². The van der Waals surface area contributed by atoms with E-state index in [-0.39, 0.29) is 22.3 Å². The lowest BCUT2D eigenvalue weighted by molar-refractivity contribution is -0.384. The van der Waals surface area contributed by atoms with Crippen LogP contribution in [0.2, 0.25) is 5.02 Å². The lowest BCUT2D eigenvalue weighted by atomic mass is 9.93. The highest BCUT2D eigenvalue weighted by molar-refractivity contribution is 6.32. The predicted octanol–water partition coefficient (Wildman–Crippen LogP) is 4.45. The zero-order chi connectivity index (χ0) is 23.9. The Morgan fingerprint density at radius 2 is 1.82 bits per heavy atom. The molecule has 10 heteroatoms. The highest BCUT2D eigenvalue weighted by atomic mass is 35.5. The van der Waals surface area contributed by atoms with Crippen molar-refractivity contribution in [3.63, 3.8) is 0 Å². The summed E-state index contributed by atoms with van der Waals surface area (Å²) in [5.41, 5.74) is 2.23. The molecule has 1 aromatic heterocycles. The van der Waals surface area contributed by atoms with Gasteiger partial charge in [-0.3, -0.25) is 29.9 Å². The van der Waals surface area contributed by atoms with E-state index in [0.717, 1.165) is 37.8 Å². The number of imide groups is 2. The van der Waals surface area contributed by atoms with Gasteiger partial charge in [-0.1, -0.05) is 30.9 Å². The number of rotatable bonds is 4. The summed E-state index contributed by atoms with van der Waals surface area (Å²) >= 11 is 5.94. The van der Waals surface area contributed by atoms with E-state index in [1.807, 2.05) is 6.92 Å². The molecule has 0 unspecified atom stereocenters. The maximum absolute atomic E-state index is 13.2. The number of carbonyl (C=O) groups excluding carboxylic acids is 3. The molecule has 0 atom stereocenters. The van der Waals surface area contributed by atoms with Gasteiger partial charge in [-0.05, 0) is 56.5 Å². The highest BCUT2D eigenvalue weighted by Gasteiger charge is 2.40. The monoisotopic (exact) mass is 470 g/mol. The van der Waals surface area contributed by atoms with Crippen LogP contribution in [-0.4, -0.2) is 38.3 Å². The van der Waals surface area contributed by atoms with Crippen LogP contribution >= 0.6 is 11.6 Å². The summed E-state index contributed by atoms with van der Waals surface area (Å²) in [5.74, 6) is -1.33. The molecule has 33 heavy (non-hydrogen) atoms. The predicted molar refractivity (Wildman–Crippen MR) is 122 cm³/mol. The Morgan fingerprint density at radius 1 is 1.12 bits per heavy atom. The number of hydrogen-bond acceptors (Lipinski definition) is 5. The van der Waals surface area contributed by atoms with Crippen LogP contribution < -0.4 is 5.32 Å².